The predicted molar refractivity (Wildman–Crippen MR) is 109 cm³/mol. The van der Waals surface area contributed by atoms with Gasteiger partial charge in [-0.25, -0.2) is 18.4 Å². The van der Waals surface area contributed by atoms with Crippen LogP contribution in [0, 0.1) is 0 Å². The van der Waals surface area contributed by atoms with E-state index in [0.29, 0.717) is 45.1 Å². The van der Waals surface area contributed by atoms with Crippen LogP contribution in [0.2, 0.25) is 0 Å². The Morgan fingerprint density at radius 2 is 1.48 bits per heavy atom. The molecule has 0 radical (unpaired) electrons. The first-order chi connectivity index (χ1) is 14.1. The Balaban J connectivity index is 1.42. The number of nitrogens with zero attached hydrogens (tertiary/aromatic N) is 5. The normalized spacial score (nSPS) is 18.7. The van der Waals surface area contributed by atoms with Crippen molar-refractivity contribution >= 4 is 21.7 Å². The lowest BCUT2D eigenvalue weighted by Gasteiger charge is -2.35. The summed E-state index contributed by atoms with van der Waals surface area (Å²) in [4.78, 5) is 13.3. The molecule has 0 saturated carbocycles. The summed E-state index contributed by atoms with van der Waals surface area (Å²) >= 11 is 0. The summed E-state index contributed by atoms with van der Waals surface area (Å²) in [5.41, 5.74) is 0. The van der Waals surface area contributed by atoms with Gasteiger partial charge in [0.15, 0.2) is 0 Å². The number of piperazine rings is 1. The third-order valence-corrected chi connectivity index (χ3v) is 7.15. The van der Waals surface area contributed by atoms with Crippen LogP contribution in [0.15, 0.2) is 41.6 Å². The second kappa shape index (κ2) is 8.52. The molecule has 3 heterocycles. The molecule has 2 fully saturated rings. The Kier molecular flexibility index (Phi) is 5.84. The Morgan fingerprint density at radius 1 is 0.897 bits per heavy atom. The quantitative estimate of drug-likeness (QED) is 0.704. The first-order valence-corrected chi connectivity index (χ1v) is 11.1. The first kappa shape index (κ1) is 19.9. The van der Waals surface area contributed by atoms with E-state index in [2.05, 4.69) is 19.8 Å². The van der Waals surface area contributed by atoms with Gasteiger partial charge in [0.2, 0.25) is 10.0 Å². The average Bonchev–Trinajstić information content (AvgIpc) is 2.80. The van der Waals surface area contributed by atoms with Crippen LogP contribution >= 0.6 is 0 Å². The molecule has 0 spiro atoms. The number of morpholine rings is 1. The van der Waals surface area contributed by atoms with E-state index < -0.39 is 10.0 Å². The summed E-state index contributed by atoms with van der Waals surface area (Å²) in [6.45, 7) is 4.98. The molecule has 29 heavy (non-hydrogen) atoms. The predicted octanol–water partition coefficient (Wildman–Crippen LogP) is 0.833. The highest BCUT2D eigenvalue weighted by Gasteiger charge is 2.29. The third kappa shape index (κ3) is 4.29. The maximum atomic E-state index is 12.9. The summed E-state index contributed by atoms with van der Waals surface area (Å²) in [6, 6.07) is 8.46. The minimum absolute atomic E-state index is 0.281. The van der Waals surface area contributed by atoms with Crippen molar-refractivity contribution in [2.24, 2.45) is 0 Å². The molecule has 0 aliphatic carbocycles. The van der Waals surface area contributed by atoms with E-state index in [1.165, 1.54) is 4.31 Å². The SMILES string of the molecule is COc1ccc(S(=O)(=O)N2CCN(c3cc(N4CCOCC4)ncn3)CC2)cc1. The van der Waals surface area contributed by atoms with E-state index in [1.807, 2.05) is 6.07 Å². The van der Waals surface area contributed by atoms with Crippen molar-refractivity contribution in [3.8, 4) is 5.75 Å². The lowest BCUT2D eigenvalue weighted by atomic mass is 10.3. The molecule has 9 nitrogen and oxygen atoms in total. The topological polar surface area (TPSA) is 88.1 Å². The lowest BCUT2D eigenvalue weighted by molar-refractivity contribution is 0.122. The Hall–Kier alpha value is -2.43. The van der Waals surface area contributed by atoms with Crippen molar-refractivity contribution in [2.45, 2.75) is 4.90 Å². The summed E-state index contributed by atoms with van der Waals surface area (Å²) in [6.07, 6.45) is 1.57. The number of anilines is 2. The molecular weight excluding hydrogens is 394 g/mol. The zero-order valence-corrected chi connectivity index (χ0v) is 17.2. The van der Waals surface area contributed by atoms with Gasteiger partial charge in [0.05, 0.1) is 25.2 Å². The first-order valence-electron chi connectivity index (χ1n) is 9.62. The molecule has 0 unspecified atom stereocenters. The summed E-state index contributed by atoms with van der Waals surface area (Å²) in [5.74, 6) is 2.34. The lowest BCUT2D eigenvalue weighted by Crippen LogP contribution is -2.49. The Labute approximate surface area is 170 Å². The van der Waals surface area contributed by atoms with Crippen molar-refractivity contribution in [1.29, 1.82) is 0 Å². The van der Waals surface area contributed by atoms with Gasteiger partial charge in [0.1, 0.15) is 23.7 Å². The number of rotatable bonds is 5. The van der Waals surface area contributed by atoms with Gasteiger partial charge >= 0.3 is 0 Å². The van der Waals surface area contributed by atoms with Crippen molar-refractivity contribution < 1.29 is 17.9 Å². The van der Waals surface area contributed by atoms with E-state index in [1.54, 1.807) is 37.7 Å². The zero-order valence-electron chi connectivity index (χ0n) is 16.4. The standard InChI is InChI=1S/C19H25N5O4S/c1-27-16-2-4-17(5-3-16)29(25,26)24-8-6-22(7-9-24)18-14-19(21-15-20-18)23-10-12-28-13-11-23/h2-5,14-15H,6-13H2,1H3. The fraction of sp³-hybridized carbons (Fsp3) is 0.474. The molecule has 2 saturated heterocycles. The number of ether oxygens (including phenoxy) is 2. The molecule has 0 bridgehead atoms. The number of aromatic nitrogens is 2. The van der Waals surface area contributed by atoms with Gasteiger partial charge in [-0.1, -0.05) is 0 Å². The monoisotopic (exact) mass is 419 g/mol. The second-order valence-electron chi connectivity index (χ2n) is 6.90. The van der Waals surface area contributed by atoms with E-state index >= 15 is 0 Å². The molecule has 2 aromatic rings. The highest BCUT2D eigenvalue weighted by atomic mass is 32.2. The van der Waals surface area contributed by atoms with Crippen LogP contribution in [0.1, 0.15) is 0 Å². The minimum Gasteiger partial charge on any atom is -0.497 e. The van der Waals surface area contributed by atoms with Crippen LogP contribution < -0.4 is 14.5 Å². The molecule has 156 valence electrons. The van der Waals surface area contributed by atoms with Crippen LogP contribution in [0.25, 0.3) is 0 Å². The highest BCUT2D eigenvalue weighted by Crippen LogP contribution is 2.23. The smallest absolute Gasteiger partial charge is 0.243 e. The summed E-state index contributed by atoms with van der Waals surface area (Å²) in [7, 11) is -1.97. The number of hydrogen-bond donors (Lipinski definition) is 0. The van der Waals surface area contributed by atoms with Crippen LogP contribution in [0.5, 0.6) is 5.75 Å². The average molecular weight is 420 g/mol. The molecule has 4 rings (SSSR count). The highest BCUT2D eigenvalue weighted by molar-refractivity contribution is 7.89. The van der Waals surface area contributed by atoms with Gasteiger partial charge in [0.25, 0.3) is 0 Å². The van der Waals surface area contributed by atoms with Gasteiger partial charge in [-0.2, -0.15) is 4.31 Å². The minimum atomic E-state index is -3.52. The van der Waals surface area contributed by atoms with Gasteiger partial charge in [-0.3, -0.25) is 0 Å². The molecular formula is C19H25N5O4S. The molecule has 0 N–H and O–H groups in total. The molecule has 1 aromatic carbocycles. The van der Waals surface area contributed by atoms with Crippen molar-refractivity contribution in [3.05, 3.63) is 36.7 Å². The maximum Gasteiger partial charge on any atom is 0.243 e. The molecule has 10 heteroatoms. The molecule has 2 aliphatic rings. The van der Waals surface area contributed by atoms with Gasteiger partial charge < -0.3 is 19.3 Å². The van der Waals surface area contributed by atoms with Crippen molar-refractivity contribution in [3.63, 3.8) is 0 Å². The van der Waals surface area contributed by atoms with Gasteiger partial charge in [-0.05, 0) is 24.3 Å². The van der Waals surface area contributed by atoms with E-state index in [-0.39, 0.29) is 4.90 Å². The third-order valence-electron chi connectivity index (χ3n) is 5.23. The Morgan fingerprint density at radius 3 is 2.07 bits per heavy atom. The maximum absolute atomic E-state index is 12.9. The number of methoxy groups -OCH3 is 1. The molecule has 1 aromatic heterocycles. The fourth-order valence-electron chi connectivity index (χ4n) is 3.53. The van der Waals surface area contributed by atoms with Crippen molar-refractivity contribution in [1.82, 2.24) is 14.3 Å². The van der Waals surface area contributed by atoms with E-state index in [4.69, 9.17) is 9.47 Å². The largest absolute Gasteiger partial charge is 0.497 e. The van der Waals surface area contributed by atoms with Gasteiger partial charge in [0, 0.05) is 45.3 Å². The fourth-order valence-corrected chi connectivity index (χ4v) is 4.95. The van der Waals surface area contributed by atoms with Gasteiger partial charge in [-0.15, -0.1) is 0 Å². The summed E-state index contributed by atoms with van der Waals surface area (Å²) < 4.78 is 37.9. The van der Waals surface area contributed by atoms with Crippen LogP contribution in [-0.4, -0.2) is 82.3 Å². The molecule has 0 amide bonds. The van der Waals surface area contributed by atoms with Crippen LogP contribution in [0.4, 0.5) is 11.6 Å². The Bertz CT molecular complexity index is 924. The second-order valence-corrected chi connectivity index (χ2v) is 8.84. The van der Waals surface area contributed by atoms with Crippen LogP contribution in [0.3, 0.4) is 0 Å². The van der Waals surface area contributed by atoms with Crippen molar-refractivity contribution in [2.75, 3.05) is 69.4 Å². The number of hydrogen-bond acceptors (Lipinski definition) is 8. The molecule has 0 atom stereocenters. The number of sulfonamides is 1. The van der Waals surface area contributed by atoms with E-state index in [0.717, 1.165) is 24.7 Å². The zero-order chi connectivity index (χ0) is 20.3. The van der Waals surface area contributed by atoms with Crippen LogP contribution in [-0.2, 0) is 14.8 Å². The molecule has 2 aliphatic heterocycles. The summed E-state index contributed by atoms with van der Waals surface area (Å²) in [5, 5.41) is 0. The number of benzene rings is 1. The van der Waals surface area contributed by atoms with E-state index in [9.17, 15) is 8.42 Å².